The maximum absolute atomic E-state index is 12.5. The van der Waals surface area contributed by atoms with Crippen LogP contribution in [0.1, 0.15) is 28.9 Å². The number of carbonyl (C=O) groups is 1. The zero-order valence-corrected chi connectivity index (χ0v) is 19.0. The molecule has 0 saturated carbocycles. The molecule has 1 amide bonds. The zero-order chi connectivity index (χ0) is 21.7. The van der Waals surface area contributed by atoms with Gasteiger partial charge in [-0.3, -0.25) is 14.7 Å². The van der Waals surface area contributed by atoms with E-state index in [1.54, 1.807) is 6.08 Å². The lowest BCUT2D eigenvalue weighted by molar-refractivity contribution is -0.115. The summed E-state index contributed by atoms with van der Waals surface area (Å²) < 4.78 is 7.88. The Kier molecular flexibility index (Phi) is 7.22. The van der Waals surface area contributed by atoms with Gasteiger partial charge >= 0.3 is 0 Å². The van der Waals surface area contributed by atoms with Crippen molar-refractivity contribution in [3.8, 4) is 5.75 Å². The maximum Gasteiger partial charge on any atom is 0.239 e. The summed E-state index contributed by atoms with van der Waals surface area (Å²) in [6, 6.07) is 6.08. The van der Waals surface area contributed by atoms with Crippen molar-refractivity contribution in [1.82, 2.24) is 25.0 Å². The van der Waals surface area contributed by atoms with Crippen molar-refractivity contribution in [2.24, 2.45) is 0 Å². The monoisotopic (exact) mass is 444 g/mol. The molecule has 2 aromatic heterocycles. The third kappa shape index (κ3) is 5.45. The van der Waals surface area contributed by atoms with Crippen LogP contribution in [0.25, 0.3) is 0 Å². The molecular formula is C20H24N6O2S2. The van der Waals surface area contributed by atoms with Crippen molar-refractivity contribution in [2.45, 2.75) is 51.3 Å². The normalized spacial score (nSPS) is 11.9. The highest BCUT2D eigenvalue weighted by Gasteiger charge is 2.21. The van der Waals surface area contributed by atoms with Gasteiger partial charge in [-0.1, -0.05) is 41.3 Å². The van der Waals surface area contributed by atoms with Crippen molar-refractivity contribution in [2.75, 3.05) is 5.32 Å². The van der Waals surface area contributed by atoms with Gasteiger partial charge in [-0.05, 0) is 44.9 Å². The maximum atomic E-state index is 12.5. The molecule has 0 fully saturated rings. The molecule has 3 aromatic rings. The molecule has 0 saturated heterocycles. The van der Waals surface area contributed by atoms with E-state index in [1.807, 2.05) is 50.5 Å². The van der Waals surface area contributed by atoms with Gasteiger partial charge < -0.3 is 4.74 Å². The first-order valence-electron chi connectivity index (χ1n) is 9.38. The first-order valence-corrected chi connectivity index (χ1v) is 11.1. The van der Waals surface area contributed by atoms with Crippen LogP contribution in [0.4, 0.5) is 5.13 Å². The molecule has 1 atom stereocenters. The number of nitrogens with zero attached hydrogens (tertiary/aromatic N) is 5. The summed E-state index contributed by atoms with van der Waals surface area (Å²) in [4.78, 5) is 12.5. The molecule has 3 rings (SSSR count). The fraction of sp³-hybridized carbons (Fsp3) is 0.350. The van der Waals surface area contributed by atoms with Crippen molar-refractivity contribution in [1.29, 1.82) is 0 Å². The van der Waals surface area contributed by atoms with Crippen LogP contribution in [0, 0.1) is 20.8 Å². The Morgan fingerprint density at radius 2 is 2.10 bits per heavy atom. The number of amides is 1. The number of allylic oxidation sites excluding steroid dienone is 1. The van der Waals surface area contributed by atoms with Crippen LogP contribution in [-0.2, 0) is 17.9 Å². The van der Waals surface area contributed by atoms with Crippen molar-refractivity contribution >= 4 is 34.1 Å². The zero-order valence-electron chi connectivity index (χ0n) is 17.4. The molecule has 0 aliphatic carbocycles. The number of rotatable bonds is 9. The van der Waals surface area contributed by atoms with Gasteiger partial charge in [0.1, 0.15) is 17.4 Å². The summed E-state index contributed by atoms with van der Waals surface area (Å²) in [7, 11) is 0. The Hall–Kier alpha value is -2.72. The minimum Gasteiger partial charge on any atom is -0.485 e. The van der Waals surface area contributed by atoms with Crippen LogP contribution in [0.15, 0.2) is 36.0 Å². The first-order chi connectivity index (χ1) is 14.4. The van der Waals surface area contributed by atoms with Gasteiger partial charge in [-0.15, -0.1) is 27.0 Å². The topological polar surface area (TPSA) is 94.8 Å². The number of carbonyl (C=O) groups excluding carboxylic acids is 1. The number of anilines is 1. The molecule has 0 radical (unpaired) electrons. The van der Waals surface area contributed by atoms with Crippen LogP contribution >= 0.6 is 23.1 Å². The fourth-order valence-corrected chi connectivity index (χ4v) is 4.07. The molecule has 0 bridgehead atoms. The molecule has 30 heavy (non-hydrogen) atoms. The molecule has 0 aliphatic rings. The van der Waals surface area contributed by atoms with Crippen LogP contribution in [0.3, 0.4) is 0 Å². The number of ether oxygens (including phenoxy) is 1. The van der Waals surface area contributed by atoms with E-state index in [1.165, 1.54) is 23.1 Å². The van der Waals surface area contributed by atoms with Crippen molar-refractivity contribution in [3.05, 3.63) is 52.8 Å². The second kappa shape index (κ2) is 9.86. The number of nitrogens with one attached hydrogen (secondary N) is 1. The number of aromatic nitrogens is 5. The SMILES string of the molecule is C=CCn1c(COc2cc(C)ccc2C)nnc1S[C@H](C)C(=O)Nc1nnc(C)s1. The smallest absolute Gasteiger partial charge is 0.239 e. The number of benzene rings is 1. The summed E-state index contributed by atoms with van der Waals surface area (Å²) in [6.45, 7) is 12.3. The van der Waals surface area contributed by atoms with Crippen molar-refractivity contribution < 1.29 is 9.53 Å². The van der Waals surface area contributed by atoms with Gasteiger partial charge in [-0.2, -0.15) is 0 Å². The molecule has 1 aromatic carbocycles. The summed E-state index contributed by atoms with van der Waals surface area (Å²) in [6.07, 6.45) is 1.77. The molecular weight excluding hydrogens is 420 g/mol. The van der Waals surface area contributed by atoms with E-state index in [4.69, 9.17) is 4.74 Å². The lowest BCUT2D eigenvalue weighted by Crippen LogP contribution is -2.23. The molecule has 10 heteroatoms. The second-order valence-electron chi connectivity index (χ2n) is 6.73. The summed E-state index contributed by atoms with van der Waals surface area (Å²) in [5.41, 5.74) is 2.19. The fourth-order valence-electron chi connectivity index (χ4n) is 2.60. The predicted octanol–water partition coefficient (Wildman–Crippen LogP) is 3.94. The third-order valence-corrected chi connectivity index (χ3v) is 6.05. The third-order valence-electron chi connectivity index (χ3n) is 4.21. The Balaban J connectivity index is 1.69. The average Bonchev–Trinajstić information content (AvgIpc) is 3.29. The largest absolute Gasteiger partial charge is 0.485 e. The molecule has 0 unspecified atom stereocenters. The Labute approximate surface area is 183 Å². The molecule has 0 spiro atoms. The predicted molar refractivity (Wildman–Crippen MR) is 119 cm³/mol. The molecule has 8 nitrogen and oxygen atoms in total. The quantitative estimate of drug-likeness (QED) is 0.394. The van der Waals surface area contributed by atoms with Crippen LogP contribution in [-0.4, -0.2) is 36.1 Å². The summed E-state index contributed by atoms with van der Waals surface area (Å²) in [5, 5.41) is 20.7. The van der Waals surface area contributed by atoms with Gasteiger partial charge in [0.15, 0.2) is 11.0 Å². The van der Waals surface area contributed by atoms with Gasteiger partial charge in [0, 0.05) is 6.54 Å². The van der Waals surface area contributed by atoms with E-state index in [9.17, 15) is 4.79 Å². The average molecular weight is 445 g/mol. The number of hydrogen-bond acceptors (Lipinski definition) is 8. The van der Waals surface area contributed by atoms with Crippen molar-refractivity contribution in [3.63, 3.8) is 0 Å². The molecule has 158 valence electrons. The highest BCUT2D eigenvalue weighted by Crippen LogP contribution is 2.25. The van der Waals surface area contributed by atoms with E-state index < -0.39 is 5.25 Å². The first kappa shape index (κ1) is 22.0. The van der Waals surface area contributed by atoms with Gasteiger partial charge in [0.25, 0.3) is 0 Å². The number of thioether (sulfide) groups is 1. The second-order valence-corrected chi connectivity index (χ2v) is 9.22. The van der Waals surface area contributed by atoms with E-state index in [0.29, 0.717) is 22.7 Å². The Bertz CT molecular complexity index is 1050. The standard InChI is InChI=1S/C20H24N6O2S2/c1-6-9-26-17(11-28-16-10-12(2)7-8-13(16)3)23-25-20(26)29-14(4)18(27)21-19-24-22-15(5)30-19/h6-8,10,14H,1,9,11H2,2-5H3,(H,21,24,27)/t14-/m1/s1. The highest BCUT2D eigenvalue weighted by atomic mass is 32.2. The van der Waals surface area contributed by atoms with Crippen LogP contribution < -0.4 is 10.1 Å². The minimum atomic E-state index is -0.394. The lowest BCUT2D eigenvalue weighted by Gasteiger charge is -2.13. The van der Waals surface area contributed by atoms with Gasteiger partial charge in [0.2, 0.25) is 11.0 Å². The van der Waals surface area contributed by atoms with E-state index >= 15 is 0 Å². The van der Waals surface area contributed by atoms with E-state index in [-0.39, 0.29) is 12.5 Å². The summed E-state index contributed by atoms with van der Waals surface area (Å²) >= 11 is 2.66. The van der Waals surface area contributed by atoms with Crippen LogP contribution in [0.5, 0.6) is 5.75 Å². The van der Waals surface area contributed by atoms with Crippen LogP contribution in [0.2, 0.25) is 0 Å². The number of aryl methyl sites for hydroxylation is 3. The highest BCUT2D eigenvalue weighted by molar-refractivity contribution is 8.00. The molecule has 2 heterocycles. The summed E-state index contributed by atoms with van der Waals surface area (Å²) in [5.74, 6) is 1.32. The van der Waals surface area contributed by atoms with E-state index in [2.05, 4.69) is 32.3 Å². The van der Waals surface area contributed by atoms with E-state index in [0.717, 1.165) is 21.9 Å². The molecule has 0 aliphatic heterocycles. The van der Waals surface area contributed by atoms with Gasteiger partial charge in [-0.25, -0.2) is 0 Å². The minimum absolute atomic E-state index is 0.169. The lowest BCUT2D eigenvalue weighted by atomic mass is 10.1. The Morgan fingerprint density at radius 3 is 2.80 bits per heavy atom. The Morgan fingerprint density at radius 1 is 1.30 bits per heavy atom. The number of hydrogen-bond donors (Lipinski definition) is 1. The van der Waals surface area contributed by atoms with Gasteiger partial charge in [0.05, 0.1) is 5.25 Å². The molecule has 1 N–H and O–H groups in total.